The Bertz CT molecular complexity index is 3460. The fourth-order valence-corrected chi connectivity index (χ4v) is 16.5. The number of amides is 7. The first-order chi connectivity index (χ1) is 66.7. The Morgan fingerprint density at radius 2 is 0.319 bits per heavy atom. The predicted octanol–water partition coefficient (Wildman–Crippen LogP) is -11.0. The maximum atomic E-state index is 15.0. The van der Waals surface area contributed by atoms with Gasteiger partial charge in [0.1, 0.15) is 0 Å². The average Bonchev–Trinajstić information content (AvgIpc) is 0.836. The zero-order chi connectivity index (χ0) is 105. The molecule has 15 N–H and O–H groups in total. The van der Waals surface area contributed by atoms with Crippen LogP contribution in [0.4, 0.5) is 0 Å². The van der Waals surface area contributed by atoms with Gasteiger partial charge in [-0.15, -0.1) is 0 Å². The number of carboxylic acid groups (broad SMARTS) is 12. The van der Waals surface area contributed by atoms with Crippen molar-refractivity contribution in [1.29, 1.82) is 0 Å². The van der Waals surface area contributed by atoms with Crippen molar-refractivity contribution in [3.05, 3.63) is 0 Å². The van der Waals surface area contributed by atoms with Gasteiger partial charge in [0.05, 0.1) is 131 Å². The summed E-state index contributed by atoms with van der Waals surface area (Å²) in [7, 11) is 0. The fraction of sp³-hybridized carbons (Fsp3) is 0.767. The van der Waals surface area contributed by atoms with E-state index in [0.717, 1.165) is 0 Å². The van der Waals surface area contributed by atoms with E-state index in [1.54, 1.807) is 106 Å². The fourth-order valence-electron chi connectivity index (χ4n) is 16.5. The van der Waals surface area contributed by atoms with Crippen LogP contribution in [0.15, 0.2) is 0 Å². The number of nitrogens with one attached hydrogen (secondary N) is 3. The normalized spacial score (nSPS) is 18.2. The summed E-state index contributed by atoms with van der Waals surface area (Å²) in [4.78, 5) is 294. The third kappa shape index (κ3) is 53.6. The number of carboxylic acids is 12. The van der Waals surface area contributed by atoms with Crippen molar-refractivity contribution in [3.63, 3.8) is 0 Å². The molecule has 7 amide bonds. The molecule has 4 fully saturated rings. The molecule has 800 valence electrons. The van der Waals surface area contributed by atoms with Crippen LogP contribution in [0.2, 0.25) is 0 Å². The first-order valence-corrected chi connectivity index (χ1v) is 47.3. The maximum absolute atomic E-state index is 15.0. The molecule has 0 spiro atoms. The van der Waals surface area contributed by atoms with Gasteiger partial charge in [0.25, 0.3) is 0 Å². The summed E-state index contributed by atoms with van der Waals surface area (Å²) in [6.45, 7) is -4.13. The van der Waals surface area contributed by atoms with Gasteiger partial charge in [-0.1, -0.05) is 0 Å². The van der Waals surface area contributed by atoms with Gasteiger partial charge in [0.2, 0.25) is 41.4 Å². The van der Waals surface area contributed by atoms with Crippen LogP contribution in [0.1, 0.15) is 40.5 Å². The quantitative estimate of drug-likeness (QED) is 0.0269. The highest BCUT2D eigenvalue weighted by atomic mass is 16.4. The number of likely N-dealkylation sites (N-methyl/N-ethyl adjacent to an activating group) is 4. The van der Waals surface area contributed by atoms with Crippen LogP contribution in [0.5, 0.6) is 0 Å². The highest BCUT2D eigenvalue weighted by molar-refractivity contribution is 5.89. The van der Waals surface area contributed by atoms with Crippen LogP contribution in [0.25, 0.3) is 0 Å². The Kier molecular flexibility index (Phi) is 57.2. The minimum absolute atomic E-state index is 0.0184. The molecule has 4 heterocycles. The number of nitrogens with zero attached hydrogens (tertiary/aromatic N) is 20. The number of carbonyl (C=O) groups excluding carboxylic acids is 8. The summed E-state index contributed by atoms with van der Waals surface area (Å²) >= 11 is 0. The first kappa shape index (κ1) is 122. The molecule has 0 aromatic carbocycles. The summed E-state index contributed by atoms with van der Waals surface area (Å²) in [5.41, 5.74) is -1.76. The van der Waals surface area contributed by atoms with E-state index in [0.29, 0.717) is 0 Å². The number of carbonyl (C=O) groups is 20. The lowest BCUT2D eigenvalue weighted by Crippen LogP contribution is -2.55. The molecule has 0 aliphatic carbocycles. The largest absolute Gasteiger partial charge is 0.480 e. The van der Waals surface area contributed by atoms with Crippen molar-refractivity contribution < 1.29 is 157 Å². The van der Waals surface area contributed by atoms with Gasteiger partial charge < -0.3 is 96.8 Å². The minimum Gasteiger partial charge on any atom is -0.480 e. The van der Waals surface area contributed by atoms with Gasteiger partial charge in [0.15, 0.2) is 5.78 Å². The zero-order valence-electron chi connectivity index (χ0n) is 81.6. The molecule has 0 atom stereocenters. The van der Waals surface area contributed by atoms with Crippen molar-refractivity contribution in [3.8, 4) is 0 Å². The Hall–Kier alpha value is -11.0. The van der Waals surface area contributed by atoms with E-state index >= 15 is 4.79 Å². The van der Waals surface area contributed by atoms with Crippen LogP contribution < -0.4 is 16.0 Å². The molecule has 4 saturated heterocycles. The second-order valence-electron chi connectivity index (χ2n) is 35.6. The van der Waals surface area contributed by atoms with Gasteiger partial charge in [-0.05, 0) is 34.1 Å². The van der Waals surface area contributed by atoms with Gasteiger partial charge in [-0.25, -0.2) is 0 Å². The maximum Gasteiger partial charge on any atom is 0.317 e. The van der Waals surface area contributed by atoms with Crippen molar-refractivity contribution in [2.45, 2.75) is 40.5 Å². The highest BCUT2D eigenvalue weighted by Crippen LogP contribution is 2.24. The summed E-state index contributed by atoms with van der Waals surface area (Å²) in [5.74, 6) is -20.0. The first-order valence-electron chi connectivity index (χ1n) is 47.3. The van der Waals surface area contributed by atoms with E-state index in [1.807, 2.05) is 0 Å². The Balaban J connectivity index is 1.88. The van der Waals surface area contributed by atoms with E-state index in [4.69, 9.17) is 0 Å². The highest BCUT2D eigenvalue weighted by Gasteiger charge is 2.37. The Morgan fingerprint density at radius 1 is 0.199 bits per heavy atom. The molecule has 4 aliphatic rings. The van der Waals surface area contributed by atoms with Crippen molar-refractivity contribution in [2.75, 3.05) is 386 Å². The molecule has 0 aromatic rings. The third-order valence-corrected chi connectivity index (χ3v) is 24.7. The Labute approximate surface area is 818 Å². The minimum atomic E-state index is -1.76. The SMILES string of the molecule is CCN(CC(=O)CCC(CNC(=O)CN(CC)C(=O)CN1CCN(CC(=O)O)CCN(CC(=O)O)CCN(CC(=O)O)CC1)(CNC(=O)CN(CC)C(=O)CN1CCN(CC(=O)O)CCN(CC(=O)O)CCN(CC(=O)O)CC1)CNC(=O)CN(CC)C(=O)CN1CCN(CC(=O)O)CCN(CC(=O)O)CCN(CC(=O)O)CC1)C(=O)CN1CCN(CC(=O)O)CCN(CC(=O)O)CCN(CC(=O)O)CC1. The lowest BCUT2D eigenvalue weighted by atomic mass is 9.81. The van der Waals surface area contributed by atoms with E-state index in [-0.39, 0.29) is 236 Å². The average molecular weight is 2020 g/mol. The van der Waals surface area contributed by atoms with Crippen LogP contribution in [-0.2, 0) is 95.9 Å². The van der Waals surface area contributed by atoms with Crippen molar-refractivity contribution >= 4 is 119 Å². The number of ketones is 1. The molecule has 4 rings (SSSR count). The van der Waals surface area contributed by atoms with E-state index < -0.39 is 288 Å². The van der Waals surface area contributed by atoms with E-state index in [2.05, 4.69) is 16.0 Å². The van der Waals surface area contributed by atoms with E-state index in [9.17, 15) is 152 Å². The van der Waals surface area contributed by atoms with Crippen molar-refractivity contribution in [1.82, 2.24) is 114 Å². The van der Waals surface area contributed by atoms with Gasteiger partial charge >= 0.3 is 71.6 Å². The molecular weight excluding hydrogens is 1870 g/mol. The molecule has 0 saturated carbocycles. The monoisotopic (exact) mass is 2020 g/mol. The lowest BCUT2D eigenvalue weighted by molar-refractivity contribution is -0.141. The van der Waals surface area contributed by atoms with Crippen LogP contribution >= 0.6 is 0 Å². The van der Waals surface area contributed by atoms with Crippen LogP contribution in [-0.4, -0.2) is 664 Å². The van der Waals surface area contributed by atoms with Gasteiger partial charge in [0, 0.05) is 267 Å². The number of rotatable bonds is 53. The standard InChI is InChI=1S/C86H149N23O32/c1-5-106(70(114)47-90-11-19-94(51-74(118)119)27-35-102(59-82(134)135)36-28-95(20-12-90)52-75(120)121)43-66(110)9-10-86(63-87-67(111)44-107(6-2)71(115)48-91-13-21-96(53-76(122)123)29-37-103(60-83(136)137)38-30-97(22-14-91)54-77(124)125,64-88-68(112)45-108(7-3)72(116)49-92-15-23-98(55-78(126)127)31-39-104(61-84(138)139)40-32-99(24-16-92)56-79(128)129)65-89-69(113)46-109(8-4)73(117)50-93-17-25-100(57-80(130)131)33-41-105(62-85(140)141)42-34-101(26-18-93)58-81(132)133/h5-65H2,1-4H3,(H,87,111)(H,88,112)(H,89,113)(H,118,119)(H,120,121)(H,122,123)(H,124,125)(H,126,127)(H,128,129)(H,130,131)(H,132,133)(H,134,135)(H,136,137)(H,138,139)(H,140,141). The number of Topliss-reactive ketones (excluding diaryl/α,β-unsaturated/α-hetero) is 1. The third-order valence-electron chi connectivity index (χ3n) is 24.7. The molecule has 55 heteroatoms. The lowest BCUT2D eigenvalue weighted by Gasteiger charge is -2.36. The molecule has 0 aromatic heterocycles. The van der Waals surface area contributed by atoms with Crippen molar-refractivity contribution in [2.24, 2.45) is 5.41 Å². The summed E-state index contributed by atoms with van der Waals surface area (Å²) in [5, 5.41) is 127. The van der Waals surface area contributed by atoms with Gasteiger partial charge in [-0.2, -0.15) is 0 Å². The molecule has 0 unspecified atom stereocenters. The zero-order valence-corrected chi connectivity index (χ0v) is 81.6. The predicted molar refractivity (Wildman–Crippen MR) is 499 cm³/mol. The summed E-state index contributed by atoms with van der Waals surface area (Å²) in [6.07, 6.45) is -0.908. The van der Waals surface area contributed by atoms with Crippen LogP contribution in [0.3, 0.4) is 0 Å². The smallest absolute Gasteiger partial charge is 0.317 e. The molecule has 0 bridgehead atoms. The number of aliphatic carboxylic acids is 12. The van der Waals surface area contributed by atoms with Crippen LogP contribution in [0, 0.1) is 5.41 Å². The van der Waals surface area contributed by atoms with Gasteiger partial charge in [-0.3, -0.25) is 174 Å². The summed E-state index contributed by atoms with van der Waals surface area (Å²) in [6, 6.07) is 0. The van der Waals surface area contributed by atoms with E-state index in [1.165, 1.54) is 19.6 Å². The topological polar surface area (TPSA) is 685 Å². The molecule has 141 heavy (non-hydrogen) atoms. The molecule has 4 aliphatic heterocycles. The summed E-state index contributed by atoms with van der Waals surface area (Å²) < 4.78 is 0. The molecule has 0 radical (unpaired) electrons. The molecule has 55 nitrogen and oxygen atoms in total. The number of hydrogen-bond acceptors (Lipinski definition) is 36. The number of hydrogen-bond donors (Lipinski definition) is 15. The molecular formula is C86H149N23O32. The second-order valence-corrected chi connectivity index (χ2v) is 35.6. The second kappa shape index (κ2) is 65.9. The Morgan fingerprint density at radius 3 is 0.440 bits per heavy atom.